The maximum atomic E-state index is 7.08. The van der Waals surface area contributed by atoms with Gasteiger partial charge in [-0.2, -0.15) is 0 Å². The molecule has 0 saturated carbocycles. The fourth-order valence-corrected chi connectivity index (χ4v) is 9.57. The Kier molecular flexibility index (Phi) is 7.03. The number of furan rings is 2. The number of fused-ring (bicyclic) bond motifs is 9. The van der Waals surface area contributed by atoms with Crippen molar-refractivity contribution in [1.82, 2.24) is 15.0 Å². The molecular formula is C51H29N3O2S. The number of benzene rings is 8. The van der Waals surface area contributed by atoms with E-state index in [4.69, 9.17) is 23.8 Å². The van der Waals surface area contributed by atoms with Crippen LogP contribution in [0.1, 0.15) is 0 Å². The monoisotopic (exact) mass is 747 g/mol. The van der Waals surface area contributed by atoms with Crippen molar-refractivity contribution in [3.63, 3.8) is 0 Å². The first-order chi connectivity index (χ1) is 28.2. The molecule has 4 heterocycles. The summed E-state index contributed by atoms with van der Waals surface area (Å²) in [5, 5.41) is 6.67. The first-order valence-corrected chi connectivity index (χ1v) is 19.7. The topological polar surface area (TPSA) is 65.0 Å². The minimum absolute atomic E-state index is 0.551. The van der Waals surface area contributed by atoms with E-state index in [9.17, 15) is 0 Å². The Labute approximate surface area is 330 Å². The Morgan fingerprint density at radius 3 is 1.65 bits per heavy atom. The summed E-state index contributed by atoms with van der Waals surface area (Å²) in [4.78, 5) is 15.0. The molecule has 0 fully saturated rings. The number of aromatic nitrogens is 3. The summed E-state index contributed by atoms with van der Waals surface area (Å²) in [7, 11) is 0. The zero-order chi connectivity index (χ0) is 37.5. The number of rotatable bonds is 5. The summed E-state index contributed by atoms with van der Waals surface area (Å²) < 4.78 is 16.3. The molecule has 0 unspecified atom stereocenters. The molecule has 57 heavy (non-hydrogen) atoms. The normalized spacial score (nSPS) is 11.9. The van der Waals surface area contributed by atoms with Crippen molar-refractivity contribution in [2.45, 2.75) is 0 Å². The van der Waals surface area contributed by atoms with Crippen LogP contribution in [0.5, 0.6) is 0 Å². The molecule has 0 amide bonds. The maximum absolute atomic E-state index is 7.08. The number of para-hydroxylation sites is 3. The number of hydrogen-bond acceptors (Lipinski definition) is 6. The standard InChI is InChI=1S/C51H29N3O2S/c1-3-14-30(15-4-1)49-52-50(31-16-5-2-6-17-31)54-51(53-49)40-25-13-22-36-35-21-12-23-37(46(35)56-47(36)40)41-28-32(29-43-45(41)39-19-7-9-26-42(39)55-43)33-20-11-24-38-34-18-8-10-27-44(34)57-48(33)38/h1-29H. The fraction of sp³-hybridized carbons (Fsp3) is 0. The van der Waals surface area contributed by atoms with Crippen molar-refractivity contribution < 1.29 is 8.83 Å². The van der Waals surface area contributed by atoms with Gasteiger partial charge in [-0.25, -0.2) is 15.0 Å². The van der Waals surface area contributed by atoms with Crippen LogP contribution >= 0.6 is 11.3 Å². The highest BCUT2D eigenvalue weighted by Crippen LogP contribution is 2.47. The summed E-state index contributed by atoms with van der Waals surface area (Å²) in [6.45, 7) is 0. The Balaban J connectivity index is 1.11. The SMILES string of the molecule is c1ccc(-c2nc(-c3ccccc3)nc(-c3cccc4c3oc3c(-c5cc(-c6cccc7c6sc6ccccc67)cc6oc7ccccc7c56)cccc34)n2)cc1. The molecule has 4 aromatic heterocycles. The predicted octanol–water partition coefficient (Wildman–Crippen LogP) is 14.4. The van der Waals surface area contributed by atoms with E-state index in [1.165, 1.54) is 25.7 Å². The van der Waals surface area contributed by atoms with E-state index in [1.54, 1.807) is 0 Å². The van der Waals surface area contributed by atoms with Gasteiger partial charge >= 0.3 is 0 Å². The molecule has 0 atom stereocenters. The van der Waals surface area contributed by atoms with Crippen LogP contribution in [-0.2, 0) is 0 Å². The molecule has 0 N–H and O–H groups in total. The molecular weight excluding hydrogens is 719 g/mol. The van der Waals surface area contributed by atoms with Gasteiger partial charge in [0.2, 0.25) is 0 Å². The van der Waals surface area contributed by atoms with Gasteiger partial charge in [0.25, 0.3) is 0 Å². The van der Waals surface area contributed by atoms with Crippen LogP contribution in [0.3, 0.4) is 0 Å². The zero-order valence-corrected chi connectivity index (χ0v) is 31.1. The van der Waals surface area contributed by atoms with E-state index in [2.05, 4.69) is 97.1 Å². The van der Waals surface area contributed by atoms with Crippen molar-refractivity contribution in [3.05, 3.63) is 176 Å². The molecule has 0 spiro atoms. The first-order valence-electron chi connectivity index (χ1n) is 18.9. The second kappa shape index (κ2) is 12.6. The molecule has 0 aliphatic rings. The van der Waals surface area contributed by atoms with Crippen LogP contribution in [0.15, 0.2) is 185 Å². The molecule has 8 aromatic carbocycles. The Hall–Kier alpha value is -7.41. The van der Waals surface area contributed by atoms with Gasteiger partial charge in [-0.3, -0.25) is 0 Å². The second-order valence-corrected chi connectivity index (χ2v) is 15.3. The Bertz CT molecular complexity index is 3470. The van der Waals surface area contributed by atoms with Gasteiger partial charge in [-0.15, -0.1) is 11.3 Å². The Morgan fingerprint density at radius 1 is 0.351 bits per heavy atom. The molecule has 0 saturated heterocycles. The summed E-state index contributed by atoms with van der Waals surface area (Å²) in [5.74, 6) is 1.76. The average Bonchev–Trinajstić information content (AvgIpc) is 3.98. The third-order valence-electron chi connectivity index (χ3n) is 10.9. The van der Waals surface area contributed by atoms with Gasteiger partial charge in [-0.1, -0.05) is 146 Å². The lowest BCUT2D eigenvalue weighted by Gasteiger charge is -2.10. The molecule has 0 aliphatic heterocycles. The van der Waals surface area contributed by atoms with E-state index in [0.29, 0.717) is 17.5 Å². The highest BCUT2D eigenvalue weighted by atomic mass is 32.1. The summed E-state index contributed by atoms with van der Waals surface area (Å²) in [6, 6.07) is 60.8. The van der Waals surface area contributed by atoms with Gasteiger partial charge in [0.1, 0.15) is 22.3 Å². The minimum Gasteiger partial charge on any atom is -0.456 e. The van der Waals surface area contributed by atoms with Gasteiger partial charge in [-0.05, 0) is 47.0 Å². The molecule has 12 rings (SSSR count). The lowest BCUT2D eigenvalue weighted by atomic mass is 9.93. The molecule has 0 radical (unpaired) electrons. The lowest BCUT2D eigenvalue weighted by Crippen LogP contribution is -2.00. The first kappa shape index (κ1) is 31.9. The molecule has 5 nitrogen and oxygen atoms in total. The zero-order valence-electron chi connectivity index (χ0n) is 30.3. The van der Waals surface area contributed by atoms with Crippen molar-refractivity contribution in [2.75, 3.05) is 0 Å². The van der Waals surface area contributed by atoms with E-state index < -0.39 is 0 Å². The minimum atomic E-state index is 0.551. The van der Waals surface area contributed by atoms with Crippen LogP contribution in [0, 0.1) is 0 Å². The molecule has 266 valence electrons. The van der Waals surface area contributed by atoms with Gasteiger partial charge in [0, 0.05) is 58.4 Å². The van der Waals surface area contributed by atoms with Crippen molar-refractivity contribution in [2.24, 2.45) is 0 Å². The summed E-state index contributed by atoms with van der Waals surface area (Å²) >= 11 is 1.83. The van der Waals surface area contributed by atoms with Gasteiger partial charge in [0.05, 0.1) is 5.56 Å². The van der Waals surface area contributed by atoms with Crippen molar-refractivity contribution in [3.8, 4) is 56.4 Å². The third kappa shape index (κ3) is 5.04. The van der Waals surface area contributed by atoms with Crippen LogP contribution in [-0.4, -0.2) is 15.0 Å². The lowest BCUT2D eigenvalue weighted by molar-refractivity contribution is 0.669. The number of nitrogens with zero attached hydrogens (tertiary/aromatic N) is 3. The molecule has 12 aromatic rings. The smallest absolute Gasteiger partial charge is 0.167 e. The van der Waals surface area contributed by atoms with E-state index in [1.807, 2.05) is 90.2 Å². The predicted molar refractivity (Wildman–Crippen MR) is 234 cm³/mol. The highest BCUT2D eigenvalue weighted by molar-refractivity contribution is 7.26. The number of hydrogen-bond donors (Lipinski definition) is 0. The van der Waals surface area contributed by atoms with Gasteiger partial charge in [0.15, 0.2) is 17.5 Å². The number of thiophene rings is 1. The van der Waals surface area contributed by atoms with E-state index in [0.717, 1.165) is 77.3 Å². The van der Waals surface area contributed by atoms with E-state index in [-0.39, 0.29) is 0 Å². The highest BCUT2D eigenvalue weighted by Gasteiger charge is 2.23. The second-order valence-electron chi connectivity index (χ2n) is 14.3. The molecule has 0 aliphatic carbocycles. The van der Waals surface area contributed by atoms with Crippen LogP contribution in [0.2, 0.25) is 0 Å². The average molecular weight is 748 g/mol. The van der Waals surface area contributed by atoms with Crippen LogP contribution in [0.25, 0.3) is 120 Å². The van der Waals surface area contributed by atoms with E-state index >= 15 is 0 Å². The quantitative estimate of drug-likeness (QED) is 0.175. The van der Waals surface area contributed by atoms with Gasteiger partial charge < -0.3 is 8.83 Å². The third-order valence-corrected chi connectivity index (χ3v) is 12.2. The van der Waals surface area contributed by atoms with Crippen molar-refractivity contribution >= 4 is 75.4 Å². The van der Waals surface area contributed by atoms with Crippen LogP contribution < -0.4 is 0 Å². The summed E-state index contributed by atoms with van der Waals surface area (Å²) in [6.07, 6.45) is 0. The molecule has 0 bridgehead atoms. The fourth-order valence-electron chi connectivity index (χ4n) is 8.33. The largest absolute Gasteiger partial charge is 0.456 e. The Morgan fingerprint density at radius 2 is 0.912 bits per heavy atom. The maximum Gasteiger partial charge on any atom is 0.167 e. The van der Waals surface area contributed by atoms with Crippen molar-refractivity contribution in [1.29, 1.82) is 0 Å². The summed E-state index contributed by atoms with van der Waals surface area (Å²) in [5.41, 5.74) is 10.1. The van der Waals surface area contributed by atoms with Crippen LogP contribution in [0.4, 0.5) is 0 Å². The molecule has 6 heteroatoms.